The highest BCUT2D eigenvalue weighted by Crippen LogP contribution is 2.32. The van der Waals surface area contributed by atoms with Crippen LogP contribution in [0.2, 0.25) is 0 Å². The van der Waals surface area contributed by atoms with Crippen molar-refractivity contribution >= 4 is 92.7 Å². The normalized spacial score (nSPS) is 25.2. The Hall–Kier alpha value is -11.1. The number of fused-ring (bicyclic) bond motifs is 32. The summed E-state index contributed by atoms with van der Waals surface area (Å²) in [6, 6.07) is 5.80. The number of unbranched alkanes of at least 4 members (excludes halogenated alkanes) is 1. The number of aromatic nitrogens is 2. The Balaban J connectivity index is 1.07. The summed E-state index contributed by atoms with van der Waals surface area (Å²) in [7, 11) is 1.44. The monoisotopic (exact) mass is 1470 g/mol. The second kappa shape index (κ2) is 35.6. The predicted molar refractivity (Wildman–Crippen MR) is 379 cm³/mol. The van der Waals surface area contributed by atoms with Crippen LogP contribution in [-0.4, -0.2) is 208 Å². The topological polar surface area (TPSA) is 442 Å². The lowest BCUT2D eigenvalue weighted by Gasteiger charge is -2.37. The van der Waals surface area contributed by atoms with Crippen LogP contribution in [0.4, 0.5) is 13.2 Å². The molecule has 0 radical (unpaired) electrons. The number of nitrogens with zero attached hydrogens (tertiary/aromatic N) is 2. The highest BCUT2D eigenvalue weighted by molar-refractivity contribution is 6.01. The van der Waals surface area contributed by atoms with Crippen LogP contribution in [0.1, 0.15) is 94.9 Å². The Kier molecular flexibility index (Phi) is 26.5. The molecule has 2 fully saturated rings. The maximum absolute atomic E-state index is 16.2. The van der Waals surface area contributed by atoms with Gasteiger partial charge in [0.15, 0.2) is 0 Å². The number of hydrogen-bond donors (Lipinski definition) is 14. The Bertz CT molecular complexity index is 4230. The number of carbonyl (C=O) groups is 12. The minimum Gasteiger partial charge on any atom is -0.497 e. The van der Waals surface area contributed by atoms with E-state index in [1.54, 1.807) is 48.5 Å². The van der Waals surface area contributed by atoms with E-state index < -0.39 is 187 Å². The standard InChI is InChI=1S/C73H90F3N15O15/c1-38-64(96)85-56(29-43-35-80-52-20-14-45(74)31-50(43)52)66(98)86-59(30-44-36-81-53-21-15-46(75)32-51(44)53)70(102)90-37-47(76)33-60(90)68(100)89-62(39(2)92)69(101)87-58(28-42-10-16-48(105-5)17-11-42)71(103)91-25-8-22-73(91,4)72(104)88-55(63(78)95)27-41-12-18-49(19-13-41)106-26-24-79-61(94)34-57(83-40(3)93)67(99)84-54(65(97)82-38)9-6-7-23-77/h10-21,31-32,35-36,38-39,47,54-60,62,80-81,92H,6-9,22-30,33-34,37,77H2,1-5H3,(H2,78,95)(H,79,94)(H,82,97)(H,83,93)(H,84,99)(H,85,96)(H,86,98)(H,87,101)(H,88,104)(H,89,100)/t38-,39+,47-,54-,55-,56-,57-,58-,59-,60-,62-,73-/m0/s1. The quantitative estimate of drug-likeness (QED) is 0.0516. The molecule has 12 amide bonds. The number of aliphatic hydroxyl groups is 1. The Morgan fingerprint density at radius 3 is 1.93 bits per heavy atom. The van der Waals surface area contributed by atoms with Crippen molar-refractivity contribution in [2.75, 3.05) is 39.9 Å². The van der Waals surface area contributed by atoms with E-state index in [4.69, 9.17) is 20.9 Å². The number of H-pyrrole nitrogens is 2. The molecular weight excluding hydrogens is 1380 g/mol. The Morgan fingerprint density at radius 2 is 1.32 bits per heavy atom. The summed E-state index contributed by atoms with van der Waals surface area (Å²) in [6.07, 6.45) is -2.40. The lowest BCUT2D eigenvalue weighted by atomic mass is 9.94. The number of carbonyl (C=O) groups excluding carboxylic acids is 12. The van der Waals surface area contributed by atoms with E-state index in [2.05, 4.69) is 57.8 Å². The molecule has 10 rings (SSSR count). The van der Waals surface area contributed by atoms with Crippen LogP contribution in [0.25, 0.3) is 21.8 Å². The molecule has 4 aromatic carbocycles. The number of aromatic amines is 2. The van der Waals surface area contributed by atoms with Crippen molar-refractivity contribution < 1.29 is 85.3 Å². The van der Waals surface area contributed by atoms with Crippen LogP contribution in [0.5, 0.6) is 11.5 Å². The number of benzene rings is 4. The number of amides is 12. The van der Waals surface area contributed by atoms with Crippen molar-refractivity contribution in [3.8, 4) is 11.5 Å². The van der Waals surface area contributed by atoms with E-state index in [1.807, 2.05) is 0 Å². The average molecular weight is 1470 g/mol. The maximum atomic E-state index is 16.2. The number of ether oxygens (including phenoxy) is 2. The van der Waals surface area contributed by atoms with Crippen LogP contribution in [-0.2, 0) is 83.2 Å². The molecule has 2 saturated heterocycles. The lowest BCUT2D eigenvalue weighted by molar-refractivity contribution is -0.147. The van der Waals surface area contributed by atoms with Crippen LogP contribution >= 0.6 is 0 Å². The minimum atomic E-state index is -1.92. The van der Waals surface area contributed by atoms with E-state index in [0.29, 0.717) is 40.1 Å². The molecule has 0 aliphatic carbocycles. The second-order valence-electron chi connectivity index (χ2n) is 27.1. The van der Waals surface area contributed by atoms with Gasteiger partial charge in [-0.15, -0.1) is 0 Å². The molecule has 106 heavy (non-hydrogen) atoms. The number of aliphatic hydroxyl groups excluding tert-OH is 1. The lowest BCUT2D eigenvalue weighted by Crippen LogP contribution is -2.64. The number of nitrogens with one attached hydrogen (secondary N) is 11. The largest absolute Gasteiger partial charge is 0.497 e. The number of alkyl halides is 1. The smallest absolute Gasteiger partial charge is 0.246 e. The van der Waals surface area contributed by atoms with Crippen molar-refractivity contribution in [3.63, 3.8) is 0 Å². The van der Waals surface area contributed by atoms with Crippen molar-refractivity contribution in [1.82, 2.24) is 67.6 Å². The molecule has 0 saturated carbocycles. The highest BCUT2D eigenvalue weighted by atomic mass is 19.1. The number of methoxy groups -OCH3 is 1. The van der Waals surface area contributed by atoms with Crippen LogP contribution in [0.3, 0.4) is 0 Å². The fourth-order valence-corrected chi connectivity index (χ4v) is 13.4. The van der Waals surface area contributed by atoms with Gasteiger partial charge < -0.3 is 93.7 Å². The fraction of sp³-hybridized carbons (Fsp3) is 0.452. The first-order chi connectivity index (χ1) is 50.5. The summed E-state index contributed by atoms with van der Waals surface area (Å²) >= 11 is 0. The van der Waals surface area contributed by atoms with Gasteiger partial charge in [0.25, 0.3) is 0 Å². The number of nitrogens with two attached hydrogens (primary N) is 2. The van der Waals surface area contributed by atoms with Gasteiger partial charge >= 0.3 is 0 Å². The molecule has 12 atom stereocenters. The molecule has 2 aromatic heterocycles. The van der Waals surface area contributed by atoms with E-state index in [0.717, 1.165) is 24.8 Å². The molecule has 33 heteroatoms. The summed E-state index contributed by atoms with van der Waals surface area (Å²) in [4.78, 5) is 180. The number of rotatable bonds is 14. The van der Waals surface area contributed by atoms with Gasteiger partial charge in [-0.3, -0.25) is 57.5 Å². The van der Waals surface area contributed by atoms with Gasteiger partial charge in [0, 0.05) is 79.8 Å². The first-order valence-electron chi connectivity index (χ1n) is 35.0. The zero-order chi connectivity index (χ0) is 76.7. The van der Waals surface area contributed by atoms with E-state index in [1.165, 1.54) is 68.6 Å². The van der Waals surface area contributed by atoms with Gasteiger partial charge in [0.05, 0.1) is 32.7 Å². The van der Waals surface area contributed by atoms with Gasteiger partial charge in [0.1, 0.15) is 95.8 Å². The summed E-state index contributed by atoms with van der Waals surface area (Å²) in [6.45, 7) is 4.22. The zero-order valence-corrected chi connectivity index (χ0v) is 59.2. The Labute approximate surface area is 607 Å². The molecule has 16 N–H and O–H groups in total. The second-order valence-corrected chi connectivity index (χ2v) is 27.1. The fourth-order valence-electron chi connectivity index (χ4n) is 13.4. The predicted octanol–water partition coefficient (Wildman–Crippen LogP) is 0.339. The van der Waals surface area contributed by atoms with E-state index in [-0.39, 0.29) is 86.7 Å². The molecule has 568 valence electrons. The van der Waals surface area contributed by atoms with Crippen LogP contribution in [0, 0.1) is 11.6 Å². The summed E-state index contributed by atoms with van der Waals surface area (Å²) in [5.74, 6) is -11.8. The van der Waals surface area contributed by atoms with Crippen molar-refractivity contribution in [1.29, 1.82) is 0 Å². The maximum Gasteiger partial charge on any atom is 0.246 e. The van der Waals surface area contributed by atoms with Gasteiger partial charge in [-0.2, -0.15) is 0 Å². The van der Waals surface area contributed by atoms with Crippen LogP contribution < -0.4 is 68.8 Å². The zero-order valence-electron chi connectivity index (χ0n) is 59.2. The number of primary amides is 1. The SMILES string of the molecule is COc1ccc(C[C@@H]2NC(=O)[C@H]([C@@H](C)O)NC(=O)[C@@H]3C[C@H](F)CN3C(=O)[C@H](Cc3c[nH]c4ccc(F)cc34)NC(=O)[C@H](Cc3c[nH]c4ccc(F)cc34)NC(=O)[C@H](C)NC(=O)[C@H](CCCCN)NC(=O)[C@@H](NC(C)=O)CC(=O)NCCOc3ccc(cc3)C[C@@H](C(N)=O)NC(=O)[C@]3(C)CCCN3C2=O)cc1. The first kappa shape index (κ1) is 79.0. The number of halogens is 3. The average Bonchev–Trinajstić information content (AvgIpc) is 1.60. The molecule has 6 heterocycles. The molecule has 4 aliphatic rings. The molecule has 0 unspecified atom stereocenters. The van der Waals surface area contributed by atoms with Crippen molar-refractivity contribution in [2.45, 2.75) is 171 Å². The summed E-state index contributed by atoms with van der Waals surface area (Å²) < 4.78 is 57.4. The molecule has 0 spiro atoms. The highest BCUT2D eigenvalue weighted by Gasteiger charge is 2.50. The van der Waals surface area contributed by atoms with Crippen molar-refractivity contribution in [3.05, 3.63) is 131 Å². The van der Waals surface area contributed by atoms with Gasteiger partial charge in [-0.1, -0.05) is 24.3 Å². The van der Waals surface area contributed by atoms with Gasteiger partial charge in [0.2, 0.25) is 70.9 Å². The summed E-state index contributed by atoms with van der Waals surface area (Å²) in [5, 5.41) is 35.2. The van der Waals surface area contributed by atoms with Crippen molar-refractivity contribution in [2.24, 2.45) is 11.5 Å². The molecular formula is C73H90F3N15O15. The third-order valence-electron chi connectivity index (χ3n) is 19.2. The van der Waals surface area contributed by atoms with Crippen LogP contribution in [0.15, 0.2) is 97.3 Å². The van der Waals surface area contributed by atoms with E-state index in [9.17, 15) is 52.6 Å². The molecule has 30 nitrogen and oxygen atoms in total. The Morgan fingerprint density at radius 1 is 0.717 bits per heavy atom. The molecule has 4 aliphatic heterocycles. The third-order valence-corrected chi connectivity index (χ3v) is 19.2. The van der Waals surface area contributed by atoms with Gasteiger partial charge in [-0.05, 0) is 142 Å². The third kappa shape index (κ3) is 20.0. The number of hydrogen-bond acceptors (Lipinski definition) is 16. The van der Waals surface area contributed by atoms with Gasteiger partial charge in [-0.25, -0.2) is 13.2 Å². The molecule has 6 aromatic rings. The molecule has 2 bridgehead atoms. The first-order valence-corrected chi connectivity index (χ1v) is 35.0. The summed E-state index contributed by atoms with van der Waals surface area (Å²) in [5.41, 5.74) is 12.3. The van der Waals surface area contributed by atoms with E-state index >= 15 is 23.2 Å². The minimum absolute atomic E-state index is 0.0138.